The van der Waals surface area contributed by atoms with Crippen LogP contribution in [0.1, 0.15) is 49.8 Å². The van der Waals surface area contributed by atoms with E-state index in [0.717, 1.165) is 11.7 Å². The number of hydrogen-bond donors (Lipinski definition) is 2. The fourth-order valence-corrected chi connectivity index (χ4v) is 4.48. The molecule has 2 N–H and O–H groups in total. The molecule has 2 amide bonds. The van der Waals surface area contributed by atoms with Gasteiger partial charge in [-0.25, -0.2) is 14.2 Å². The number of nitrogens with zero attached hydrogens (tertiary/aromatic N) is 4. The molecule has 2 aromatic heterocycles. The predicted molar refractivity (Wildman–Crippen MR) is 160 cm³/mol. The molecule has 0 radical (unpaired) electrons. The number of benzene rings is 2. The molecule has 4 rings (SSSR count). The average molecular weight is 621 g/mol. The number of rotatable bonds is 11. The molecule has 0 saturated heterocycles. The van der Waals surface area contributed by atoms with E-state index in [9.17, 15) is 23.6 Å². The minimum atomic E-state index is -1.10. The molecule has 0 aliphatic rings. The normalized spacial score (nSPS) is 12.0. The molecule has 2 aromatic carbocycles. The predicted octanol–water partition coefficient (Wildman–Crippen LogP) is 3.97. The number of ketones is 1. The number of Topliss-reactive ketones (excluding diaryl/α,β-unsaturated/α-hetero) is 1. The van der Waals surface area contributed by atoms with Crippen LogP contribution in [-0.2, 0) is 21.5 Å². The van der Waals surface area contributed by atoms with Gasteiger partial charge in [0.05, 0.1) is 31.9 Å². The maximum Gasteiger partial charge on any atom is 0.411 e. The molecule has 0 bridgehead atoms. The number of hydrogen-bond acceptors (Lipinski definition) is 10. The molecule has 0 unspecified atom stereocenters. The summed E-state index contributed by atoms with van der Waals surface area (Å²) in [5, 5.41) is 13.0. The van der Waals surface area contributed by atoms with Gasteiger partial charge in [-0.05, 0) is 37.5 Å². The number of nitrogens with one attached hydrogen (secondary N) is 2. The molecule has 0 aliphatic heterocycles. The fraction of sp³-hybridized carbons (Fsp3) is 0.323. The summed E-state index contributed by atoms with van der Waals surface area (Å²) in [5.41, 5.74) is -0.685. The molecule has 4 aromatic rings. The van der Waals surface area contributed by atoms with Crippen molar-refractivity contribution in [2.24, 2.45) is 5.92 Å². The number of halogens is 1. The van der Waals surface area contributed by atoms with Crippen molar-refractivity contribution in [2.45, 2.75) is 45.7 Å². The summed E-state index contributed by atoms with van der Waals surface area (Å²) in [6.07, 6.45) is 0.288. The number of carbonyl (C=O) groups excluding carboxylic acids is 3. The highest BCUT2D eigenvalue weighted by molar-refractivity contribution is 5.98. The van der Waals surface area contributed by atoms with Crippen LogP contribution < -0.4 is 20.9 Å². The summed E-state index contributed by atoms with van der Waals surface area (Å²) in [4.78, 5) is 56.3. The minimum absolute atomic E-state index is 0.0373. The van der Waals surface area contributed by atoms with Gasteiger partial charge < -0.3 is 19.2 Å². The number of methoxy groups -OCH3 is 2. The molecule has 0 saturated carbocycles. The van der Waals surface area contributed by atoms with Gasteiger partial charge in [0.2, 0.25) is 17.6 Å². The van der Waals surface area contributed by atoms with Crippen molar-refractivity contribution in [2.75, 3.05) is 19.5 Å². The summed E-state index contributed by atoms with van der Waals surface area (Å²) >= 11 is 0. The van der Waals surface area contributed by atoms with E-state index in [-0.39, 0.29) is 29.0 Å². The zero-order valence-electron chi connectivity index (χ0n) is 25.6. The van der Waals surface area contributed by atoms with Crippen molar-refractivity contribution >= 4 is 23.5 Å². The van der Waals surface area contributed by atoms with Gasteiger partial charge in [-0.1, -0.05) is 50.2 Å². The second-order valence-electron chi connectivity index (χ2n) is 10.9. The van der Waals surface area contributed by atoms with Crippen molar-refractivity contribution in [1.29, 1.82) is 0 Å². The number of aromatic nitrogens is 4. The second kappa shape index (κ2) is 13.5. The van der Waals surface area contributed by atoms with Gasteiger partial charge in [-0.2, -0.15) is 0 Å². The lowest BCUT2D eigenvalue weighted by Crippen LogP contribution is -2.46. The van der Waals surface area contributed by atoms with Gasteiger partial charge in [0.15, 0.2) is 11.6 Å². The molecule has 45 heavy (non-hydrogen) atoms. The Hall–Kier alpha value is -5.40. The largest absolute Gasteiger partial charge is 0.494 e. The first-order chi connectivity index (χ1) is 21.4. The highest BCUT2D eigenvalue weighted by Gasteiger charge is 2.35. The molecule has 0 aliphatic carbocycles. The Kier molecular flexibility index (Phi) is 9.75. The van der Waals surface area contributed by atoms with Crippen LogP contribution in [0.4, 0.5) is 14.9 Å². The summed E-state index contributed by atoms with van der Waals surface area (Å²) in [6, 6.07) is 11.9. The number of carbonyl (C=O) groups is 3. The van der Waals surface area contributed by atoms with Crippen LogP contribution in [0.25, 0.3) is 11.4 Å². The Morgan fingerprint density at radius 3 is 2.42 bits per heavy atom. The van der Waals surface area contributed by atoms with Gasteiger partial charge in [-0.3, -0.25) is 24.3 Å². The van der Waals surface area contributed by atoms with Crippen LogP contribution in [0.5, 0.6) is 5.75 Å². The van der Waals surface area contributed by atoms with Crippen molar-refractivity contribution in [3.63, 3.8) is 0 Å². The van der Waals surface area contributed by atoms with E-state index in [1.54, 1.807) is 64.1 Å². The monoisotopic (exact) mass is 620 g/mol. The highest BCUT2D eigenvalue weighted by Crippen LogP contribution is 2.33. The fourth-order valence-electron chi connectivity index (χ4n) is 4.48. The third kappa shape index (κ3) is 7.06. The first kappa shape index (κ1) is 32.5. The molecule has 14 heteroatoms. The van der Waals surface area contributed by atoms with E-state index >= 15 is 0 Å². The lowest BCUT2D eigenvalue weighted by atomic mass is 9.84. The maximum atomic E-state index is 14.0. The van der Waals surface area contributed by atoms with E-state index in [1.165, 1.54) is 25.4 Å². The van der Waals surface area contributed by atoms with Crippen molar-refractivity contribution < 1.29 is 32.7 Å². The molecule has 13 nitrogen and oxygen atoms in total. The van der Waals surface area contributed by atoms with Crippen LogP contribution >= 0.6 is 0 Å². The summed E-state index contributed by atoms with van der Waals surface area (Å²) in [7, 11) is 2.49. The van der Waals surface area contributed by atoms with Gasteiger partial charge in [-0.15, -0.1) is 10.2 Å². The maximum absolute atomic E-state index is 14.0. The SMILES string of the molecule is COC(=O)Nc1cnc(-c2ccccc2)n(CC(=O)N[C@H](C(=O)c2nnc(C(C)(C)c3ccc(F)c(OC)c3)o2)C(C)C)c1=O. The third-order valence-electron chi connectivity index (χ3n) is 7.11. The van der Waals surface area contributed by atoms with Crippen molar-refractivity contribution in [1.82, 2.24) is 25.1 Å². The smallest absolute Gasteiger partial charge is 0.411 e. The first-order valence-corrected chi connectivity index (χ1v) is 13.9. The van der Waals surface area contributed by atoms with Gasteiger partial charge in [0, 0.05) is 5.56 Å². The van der Waals surface area contributed by atoms with E-state index in [1.807, 2.05) is 0 Å². The van der Waals surface area contributed by atoms with Crippen LogP contribution in [-0.4, -0.2) is 57.8 Å². The Bertz CT molecular complexity index is 1770. The summed E-state index contributed by atoms with van der Waals surface area (Å²) in [5.74, 6) is -2.31. The lowest BCUT2D eigenvalue weighted by Gasteiger charge is -2.22. The van der Waals surface area contributed by atoms with Crippen LogP contribution in [0.2, 0.25) is 0 Å². The third-order valence-corrected chi connectivity index (χ3v) is 7.11. The average Bonchev–Trinajstić information content (AvgIpc) is 3.53. The molecule has 236 valence electrons. The van der Waals surface area contributed by atoms with Crippen molar-refractivity contribution in [3.05, 3.63) is 88.2 Å². The number of anilines is 1. The van der Waals surface area contributed by atoms with Gasteiger partial charge in [0.25, 0.3) is 11.4 Å². The first-order valence-electron chi connectivity index (χ1n) is 13.9. The highest BCUT2D eigenvalue weighted by atomic mass is 19.1. The Balaban J connectivity index is 1.60. The standard InChI is InChI=1S/C31H33FN6O7/c1-17(2)24(25(40)27-36-37-29(45-27)31(3,4)19-12-13-20(32)22(14-19)43-5)35-23(39)16-38-26(18-10-8-7-9-11-18)33-15-21(28(38)41)34-30(42)44-6/h7-15,17,24H,16H2,1-6H3,(H,34,42)(H,35,39)/t24-/m0/s1. The summed E-state index contributed by atoms with van der Waals surface area (Å²) < 4.78 is 30.5. The van der Waals surface area contributed by atoms with Gasteiger partial charge >= 0.3 is 6.09 Å². The molecular weight excluding hydrogens is 587 g/mol. The van der Waals surface area contributed by atoms with E-state index in [4.69, 9.17) is 9.15 Å². The van der Waals surface area contributed by atoms with E-state index < -0.39 is 53.1 Å². The van der Waals surface area contributed by atoms with Crippen LogP contribution in [0.15, 0.2) is 63.9 Å². The molecular formula is C31H33FN6O7. The summed E-state index contributed by atoms with van der Waals surface area (Å²) in [6.45, 7) is 6.44. The van der Waals surface area contributed by atoms with E-state index in [2.05, 4.69) is 30.6 Å². The number of amides is 2. The Labute approximate surface area is 257 Å². The van der Waals surface area contributed by atoms with E-state index in [0.29, 0.717) is 11.1 Å². The topological polar surface area (TPSA) is 168 Å². The molecule has 2 heterocycles. The van der Waals surface area contributed by atoms with Crippen LogP contribution in [0.3, 0.4) is 0 Å². The minimum Gasteiger partial charge on any atom is -0.494 e. The molecule has 0 spiro atoms. The number of ether oxygens (including phenoxy) is 2. The zero-order chi connectivity index (χ0) is 32.9. The Morgan fingerprint density at radius 2 is 1.78 bits per heavy atom. The van der Waals surface area contributed by atoms with Gasteiger partial charge in [0.1, 0.15) is 18.1 Å². The molecule has 0 fully saturated rings. The zero-order valence-corrected chi connectivity index (χ0v) is 25.6. The molecule has 1 atom stereocenters. The van der Waals surface area contributed by atoms with Crippen LogP contribution in [0, 0.1) is 11.7 Å². The Morgan fingerprint density at radius 1 is 1.07 bits per heavy atom. The second-order valence-corrected chi connectivity index (χ2v) is 10.9. The lowest BCUT2D eigenvalue weighted by molar-refractivity contribution is -0.122. The van der Waals surface area contributed by atoms with Crippen molar-refractivity contribution in [3.8, 4) is 17.1 Å². The quantitative estimate of drug-likeness (QED) is 0.234.